The van der Waals surface area contributed by atoms with Crippen LogP contribution in [0.2, 0.25) is 0 Å². The van der Waals surface area contributed by atoms with E-state index in [1.807, 2.05) is 0 Å². The molecule has 0 aliphatic heterocycles. The summed E-state index contributed by atoms with van der Waals surface area (Å²) in [5, 5.41) is 11.5. The predicted octanol–water partition coefficient (Wildman–Crippen LogP) is 1.95. The SMILES string of the molecule is CC(C)CC(C)(C)CNC(=O)CCCO. The van der Waals surface area contributed by atoms with Gasteiger partial charge in [-0.25, -0.2) is 0 Å². The van der Waals surface area contributed by atoms with Crippen molar-refractivity contribution in [1.82, 2.24) is 5.32 Å². The second-order valence-corrected chi connectivity index (χ2v) is 5.37. The molecule has 2 N–H and O–H groups in total. The van der Waals surface area contributed by atoms with Crippen LogP contribution in [0.25, 0.3) is 0 Å². The van der Waals surface area contributed by atoms with Gasteiger partial charge in [0.15, 0.2) is 0 Å². The molecule has 0 atom stereocenters. The summed E-state index contributed by atoms with van der Waals surface area (Å²) in [6.45, 7) is 9.52. The first kappa shape index (κ1) is 14.4. The highest BCUT2D eigenvalue weighted by Gasteiger charge is 2.19. The summed E-state index contributed by atoms with van der Waals surface area (Å²) in [4.78, 5) is 11.3. The van der Waals surface area contributed by atoms with Crippen molar-refractivity contribution in [3.63, 3.8) is 0 Å². The van der Waals surface area contributed by atoms with Crippen LogP contribution in [0.5, 0.6) is 0 Å². The molecule has 0 fully saturated rings. The van der Waals surface area contributed by atoms with Crippen LogP contribution < -0.4 is 5.32 Å². The molecular formula is C12H25NO2. The lowest BCUT2D eigenvalue weighted by molar-refractivity contribution is -0.121. The summed E-state index contributed by atoms with van der Waals surface area (Å²) in [6, 6.07) is 0. The highest BCUT2D eigenvalue weighted by atomic mass is 16.3. The minimum atomic E-state index is 0.0425. The molecule has 3 heteroatoms. The van der Waals surface area contributed by atoms with Crippen molar-refractivity contribution in [2.45, 2.75) is 47.0 Å². The maximum atomic E-state index is 11.3. The Bertz CT molecular complexity index is 188. The van der Waals surface area contributed by atoms with Crippen molar-refractivity contribution in [2.24, 2.45) is 11.3 Å². The van der Waals surface area contributed by atoms with Crippen LogP contribution >= 0.6 is 0 Å². The predicted molar refractivity (Wildman–Crippen MR) is 62.6 cm³/mol. The zero-order valence-corrected chi connectivity index (χ0v) is 10.5. The lowest BCUT2D eigenvalue weighted by Crippen LogP contribution is -2.34. The first-order valence-electron chi connectivity index (χ1n) is 5.75. The number of rotatable bonds is 7. The second kappa shape index (κ2) is 6.83. The maximum Gasteiger partial charge on any atom is 0.220 e. The Morgan fingerprint density at radius 2 is 2.00 bits per heavy atom. The van der Waals surface area contributed by atoms with Gasteiger partial charge in [0.05, 0.1) is 0 Å². The van der Waals surface area contributed by atoms with Crippen LogP contribution in [0.15, 0.2) is 0 Å². The molecule has 90 valence electrons. The van der Waals surface area contributed by atoms with Gasteiger partial charge in [0.1, 0.15) is 0 Å². The van der Waals surface area contributed by atoms with Crippen LogP contribution in [0.3, 0.4) is 0 Å². The van der Waals surface area contributed by atoms with E-state index in [9.17, 15) is 4.79 Å². The zero-order chi connectivity index (χ0) is 11.9. The van der Waals surface area contributed by atoms with Gasteiger partial charge >= 0.3 is 0 Å². The highest BCUT2D eigenvalue weighted by molar-refractivity contribution is 5.75. The van der Waals surface area contributed by atoms with Gasteiger partial charge in [0, 0.05) is 19.6 Å². The second-order valence-electron chi connectivity index (χ2n) is 5.37. The summed E-state index contributed by atoms with van der Waals surface area (Å²) in [5.74, 6) is 0.690. The van der Waals surface area contributed by atoms with Crippen molar-refractivity contribution in [3.05, 3.63) is 0 Å². The van der Waals surface area contributed by atoms with Crippen LogP contribution in [0.4, 0.5) is 0 Å². The van der Waals surface area contributed by atoms with E-state index in [4.69, 9.17) is 5.11 Å². The van der Waals surface area contributed by atoms with Gasteiger partial charge in [-0.05, 0) is 24.2 Å². The van der Waals surface area contributed by atoms with E-state index in [0.29, 0.717) is 18.8 Å². The van der Waals surface area contributed by atoms with E-state index >= 15 is 0 Å². The van der Waals surface area contributed by atoms with Gasteiger partial charge in [0.2, 0.25) is 5.91 Å². The molecule has 15 heavy (non-hydrogen) atoms. The van der Waals surface area contributed by atoms with Crippen molar-refractivity contribution < 1.29 is 9.90 Å². The highest BCUT2D eigenvalue weighted by Crippen LogP contribution is 2.23. The third-order valence-electron chi connectivity index (χ3n) is 2.29. The molecule has 0 radical (unpaired) electrons. The Balaban J connectivity index is 3.77. The largest absolute Gasteiger partial charge is 0.396 e. The van der Waals surface area contributed by atoms with Crippen molar-refractivity contribution in [1.29, 1.82) is 0 Å². The first-order valence-corrected chi connectivity index (χ1v) is 5.75. The third-order valence-corrected chi connectivity index (χ3v) is 2.29. The van der Waals surface area contributed by atoms with Gasteiger partial charge in [-0.2, -0.15) is 0 Å². The molecule has 0 aromatic carbocycles. The number of carbonyl (C=O) groups excluding carboxylic acids is 1. The van der Waals surface area contributed by atoms with Crippen LogP contribution in [-0.4, -0.2) is 24.2 Å². The number of hydrogen-bond acceptors (Lipinski definition) is 2. The van der Waals surface area contributed by atoms with E-state index in [1.54, 1.807) is 0 Å². The van der Waals surface area contributed by atoms with Crippen molar-refractivity contribution in [2.75, 3.05) is 13.2 Å². The number of aliphatic hydroxyl groups is 1. The maximum absolute atomic E-state index is 11.3. The standard InChI is InChI=1S/C12H25NO2/c1-10(2)8-12(3,4)9-13-11(15)6-5-7-14/h10,14H,5-9H2,1-4H3,(H,13,15). The molecule has 0 rings (SSSR count). The topological polar surface area (TPSA) is 49.3 Å². The zero-order valence-electron chi connectivity index (χ0n) is 10.5. The smallest absolute Gasteiger partial charge is 0.220 e. The fourth-order valence-corrected chi connectivity index (χ4v) is 1.84. The monoisotopic (exact) mass is 215 g/mol. The van der Waals surface area contributed by atoms with E-state index in [2.05, 4.69) is 33.0 Å². The van der Waals surface area contributed by atoms with Gasteiger partial charge in [-0.15, -0.1) is 0 Å². The molecule has 0 aromatic rings. The first-order chi connectivity index (χ1) is 6.87. The molecule has 0 spiro atoms. The molecule has 0 unspecified atom stereocenters. The molecular weight excluding hydrogens is 190 g/mol. The number of nitrogens with one attached hydrogen (secondary N) is 1. The molecule has 0 aliphatic carbocycles. The molecule has 1 amide bonds. The average Bonchev–Trinajstić information content (AvgIpc) is 2.09. The summed E-state index contributed by atoms with van der Waals surface area (Å²) in [6.07, 6.45) is 2.08. The number of carbonyl (C=O) groups is 1. The number of amides is 1. The van der Waals surface area contributed by atoms with Crippen LogP contribution in [0, 0.1) is 11.3 Å². The normalized spacial score (nSPS) is 11.9. The molecule has 3 nitrogen and oxygen atoms in total. The average molecular weight is 215 g/mol. The minimum Gasteiger partial charge on any atom is -0.396 e. The van der Waals surface area contributed by atoms with E-state index < -0.39 is 0 Å². The Morgan fingerprint density at radius 1 is 1.40 bits per heavy atom. The number of aliphatic hydroxyl groups excluding tert-OH is 1. The van der Waals surface area contributed by atoms with Crippen LogP contribution in [-0.2, 0) is 4.79 Å². The quantitative estimate of drug-likeness (QED) is 0.682. The van der Waals surface area contributed by atoms with Gasteiger partial charge in [-0.1, -0.05) is 27.7 Å². The lowest BCUT2D eigenvalue weighted by atomic mass is 9.84. The minimum absolute atomic E-state index is 0.0425. The Kier molecular flexibility index (Phi) is 6.57. The van der Waals surface area contributed by atoms with Crippen LogP contribution in [0.1, 0.15) is 47.0 Å². The Hall–Kier alpha value is -0.570. The third kappa shape index (κ3) is 8.43. The van der Waals surface area contributed by atoms with Gasteiger partial charge in [-0.3, -0.25) is 4.79 Å². The Labute approximate surface area is 93.3 Å². The summed E-state index contributed by atoms with van der Waals surface area (Å²) < 4.78 is 0. The lowest BCUT2D eigenvalue weighted by Gasteiger charge is -2.26. The van der Waals surface area contributed by atoms with E-state index in [-0.39, 0.29) is 17.9 Å². The molecule has 0 aliphatic rings. The van der Waals surface area contributed by atoms with Crippen molar-refractivity contribution in [3.8, 4) is 0 Å². The molecule has 0 saturated heterocycles. The summed E-state index contributed by atoms with van der Waals surface area (Å²) in [7, 11) is 0. The molecule has 0 aromatic heterocycles. The van der Waals surface area contributed by atoms with E-state index in [0.717, 1.165) is 13.0 Å². The summed E-state index contributed by atoms with van der Waals surface area (Å²) >= 11 is 0. The fourth-order valence-electron chi connectivity index (χ4n) is 1.84. The molecule has 0 heterocycles. The fraction of sp³-hybridized carbons (Fsp3) is 0.917. The Morgan fingerprint density at radius 3 is 2.47 bits per heavy atom. The van der Waals surface area contributed by atoms with Crippen molar-refractivity contribution >= 4 is 5.91 Å². The van der Waals surface area contributed by atoms with Gasteiger partial charge in [0.25, 0.3) is 0 Å². The molecule has 0 saturated carbocycles. The van der Waals surface area contributed by atoms with Gasteiger partial charge < -0.3 is 10.4 Å². The summed E-state index contributed by atoms with van der Waals surface area (Å²) in [5.41, 5.74) is 0.156. The number of hydrogen-bond donors (Lipinski definition) is 2. The molecule has 0 bridgehead atoms. The van der Waals surface area contributed by atoms with E-state index in [1.165, 1.54) is 0 Å².